The standard InChI is InChI=1S/C24H26ClFN4/c1-16-13-19(9-11-21(16)26)22(12-10-20-14-29-23(25)15-28-20)30-24(17(2)27-3)18-7-5-4-6-8-18/h4-9,11,13-15,22,24,27,30H,2,10,12H2,1,3H3/t22-,24+/m0/s1. The van der Waals surface area contributed by atoms with Crippen LogP contribution >= 0.6 is 11.6 Å². The molecule has 0 spiro atoms. The van der Waals surface area contributed by atoms with E-state index >= 15 is 0 Å². The number of benzene rings is 2. The summed E-state index contributed by atoms with van der Waals surface area (Å²) in [6.45, 7) is 5.97. The maximum Gasteiger partial charge on any atom is 0.147 e. The summed E-state index contributed by atoms with van der Waals surface area (Å²) in [4.78, 5) is 8.47. The summed E-state index contributed by atoms with van der Waals surface area (Å²) in [5, 5.41) is 7.25. The van der Waals surface area contributed by atoms with Crippen molar-refractivity contribution in [1.29, 1.82) is 0 Å². The minimum absolute atomic E-state index is 0.0444. The average molecular weight is 425 g/mol. The topological polar surface area (TPSA) is 49.8 Å². The first kappa shape index (κ1) is 21.9. The van der Waals surface area contributed by atoms with Crippen LogP contribution in [0.2, 0.25) is 5.15 Å². The van der Waals surface area contributed by atoms with Crippen LogP contribution in [0.15, 0.2) is 73.2 Å². The molecule has 0 saturated heterocycles. The summed E-state index contributed by atoms with van der Waals surface area (Å²) in [7, 11) is 1.86. The number of likely N-dealkylation sites (N-methyl/N-ethyl adjacent to an activating group) is 1. The molecular formula is C24H26ClFN4. The van der Waals surface area contributed by atoms with Crippen molar-refractivity contribution in [3.63, 3.8) is 0 Å². The molecule has 3 aromatic rings. The van der Waals surface area contributed by atoms with Gasteiger partial charge in [-0.15, -0.1) is 0 Å². The second-order valence-electron chi connectivity index (χ2n) is 7.22. The van der Waals surface area contributed by atoms with Crippen LogP contribution in [0.3, 0.4) is 0 Å². The van der Waals surface area contributed by atoms with Gasteiger partial charge in [0.1, 0.15) is 11.0 Å². The van der Waals surface area contributed by atoms with Gasteiger partial charge in [0.05, 0.1) is 24.1 Å². The van der Waals surface area contributed by atoms with Crippen molar-refractivity contribution in [2.24, 2.45) is 0 Å². The van der Waals surface area contributed by atoms with Crippen LogP contribution in [0.5, 0.6) is 0 Å². The summed E-state index contributed by atoms with van der Waals surface area (Å²) in [6.07, 6.45) is 4.70. The minimum Gasteiger partial charge on any atom is -0.390 e. The molecule has 0 unspecified atom stereocenters. The van der Waals surface area contributed by atoms with Gasteiger partial charge in [0.25, 0.3) is 0 Å². The zero-order valence-electron chi connectivity index (χ0n) is 17.2. The van der Waals surface area contributed by atoms with Crippen LogP contribution in [0.25, 0.3) is 0 Å². The number of aryl methyl sites for hydroxylation is 2. The first-order chi connectivity index (χ1) is 14.5. The zero-order valence-corrected chi connectivity index (χ0v) is 18.0. The van der Waals surface area contributed by atoms with Gasteiger partial charge < -0.3 is 5.32 Å². The maximum atomic E-state index is 13.9. The van der Waals surface area contributed by atoms with Crippen molar-refractivity contribution in [1.82, 2.24) is 20.6 Å². The number of nitrogens with zero attached hydrogens (tertiary/aromatic N) is 2. The van der Waals surface area contributed by atoms with Gasteiger partial charge in [-0.1, -0.05) is 60.6 Å². The Bertz CT molecular complexity index is 976. The van der Waals surface area contributed by atoms with E-state index in [0.29, 0.717) is 17.1 Å². The Labute approximate surface area is 182 Å². The molecule has 1 heterocycles. The Kier molecular flexibility index (Phi) is 7.55. The van der Waals surface area contributed by atoms with Gasteiger partial charge in [-0.25, -0.2) is 9.37 Å². The molecule has 30 heavy (non-hydrogen) atoms. The minimum atomic E-state index is -0.208. The Morgan fingerprint density at radius 3 is 2.50 bits per heavy atom. The number of aromatic nitrogens is 2. The van der Waals surface area contributed by atoms with E-state index in [-0.39, 0.29) is 17.9 Å². The highest BCUT2D eigenvalue weighted by molar-refractivity contribution is 6.29. The molecule has 0 fully saturated rings. The lowest BCUT2D eigenvalue weighted by atomic mass is 9.96. The van der Waals surface area contributed by atoms with E-state index in [1.807, 2.05) is 37.4 Å². The van der Waals surface area contributed by atoms with Gasteiger partial charge in [0.2, 0.25) is 0 Å². The van der Waals surface area contributed by atoms with E-state index in [9.17, 15) is 4.39 Å². The van der Waals surface area contributed by atoms with E-state index in [4.69, 9.17) is 11.6 Å². The quantitative estimate of drug-likeness (QED) is 0.488. The van der Waals surface area contributed by atoms with Crippen molar-refractivity contribution in [3.8, 4) is 0 Å². The molecule has 2 N–H and O–H groups in total. The molecule has 0 amide bonds. The van der Waals surface area contributed by atoms with E-state index in [2.05, 4.69) is 39.3 Å². The predicted octanol–water partition coefficient (Wildman–Crippen LogP) is 5.32. The summed E-state index contributed by atoms with van der Waals surface area (Å²) in [6, 6.07) is 15.2. The van der Waals surface area contributed by atoms with Crippen LogP contribution in [0, 0.1) is 12.7 Å². The second-order valence-corrected chi connectivity index (χ2v) is 7.60. The van der Waals surface area contributed by atoms with Crippen molar-refractivity contribution in [2.75, 3.05) is 7.05 Å². The highest BCUT2D eigenvalue weighted by Crippen LogP contribution is 2.28. The molecule has 0 radical (unpaired) electrons. The van der Waals surface area contributed by atoms with Crippen molar-refractivity contribution < 1.29 is 4.39 Å². The monoisotopic (exact) mass is 424 g/mol. The SMILES string of the molecule is C=C(NC)[C@@H](N[C@@H](CCc1cnc(Cl)cn1)c1ccc(F)c(C)c1)c1ccccc1. The van der Waals surface area contributed by atoms with Gasteiger partial charge >= 0.3 is 0 Å². The number of nitrogens with one attached hydrogen (secondary N) is 2. The van der Waals surface area contributed by atoms with Gasteiger partial charge in [-0.3, -0.25) is 10.3 Å². The highest BCUT2D eigenvalue weighted by atomic mass is 35.5. The summed E-state index contributed by atoms with van der Waals surface area (Å²) in [5.41, 5.74) is 4.45. The first-order valence-corrected chi connectivity index (χ1v) is 10.3. The average Bonchev–Trinajstić information content (AvgIpc) is 2.77. The Hall–Kier alpha value is -2.76. The molecule has 6 heteroatoms. The molecule has 0 aliphatic carbocycles. The molecule has 0 bridgehead atoms. The fraction of sp³-hybridized carbons (Fsp3) is 0.250. The van der Waals surface area contributed by atoms with Crippen molar-refractivity contribution in [2.45, 2.75) is 31.8 Å². The smallest absolute Gasteiger partial charge is 0.147 e. The van der Waals surface area contributed by atoms with Crippen LogP contribution in [-0.4, -0.2) is 17.0 Å². The van der Waals surface area contributed by atoms with Crippen LogP contribution in [-0.2, 0) is 6.42 Å². The Morgan fingerprint density at radius 2 is 1.87 bits per heavy atom. The van der Waals surface area contributed by atoms with E-state index in [0.717, 1.165) is 28.9 Å². The lowest BCUT2D eigenvalue weighted by Gasteiger charge is -2.28. The molecule has 0 saturated carbocycles. The molecule has 0 aliphatic rings. The lowest BCUT2D eigenvalue weighted by molar-refractivity contribution is 0.443. The molecule has 0 aliphatic heterocycles. The fourth-order valence-corrected chi connectivity index (χ4v) is 3.48. The summed E-state index contributed by atoms with van der Waals surface area (Å²) in [5.74, 6) is -0.208. The van der Waals surface area contributed by atoms with Crippen molar-refractivity contribution in [3.05, 3.63) is 107 Å². The Balaban J connectivity index is 1.89. The second kappa shape index (κ2) is 10.3. The number of halogens is 2. The molecule has 3 rings (SSSR count). The van der Waals surface area contributed by atoms with Crippen LogP contribution in [0.1, 0.15) is 40.9 Å². The first-order valence-electron chi connectivity index (χ1n) is 9.88. The van der Waals surface area contributed by atoms with E-state index < -0.39 is 0 Å². The van der Waals surface area contributed by atoms with Gasteiger partial charge in [0, 0.05) is 18.8 Å². The molecule has 2 aromatic carbocycles. The number of hydrogen-bond acceptors (Lipinski definition) is 4. The molecular weight excluding hydrogens is 399 g/mol. The molecule has 1 aromatic heterocycles. The van der Waals surface area contributed by atoms with Crippen molar-refractivity contribution >= 4 is 11.6 Å². The van der Waals surface area contributed by atoms with Gasteiger partial charge in [-0.2, -0.15) is 0 Å². The van der Waals surface area contributed by atoms with E-state index in [1.165, 1.54) is 6.07 Å². The summed E-state index contributed by atoms with van der Waals surface area (Å²) < 4.78 is 13.9. The fourth-order valence-electron chi connectivity index (χ4n) is 3.38. The summed E-state index contributed by atoms with van der Waals surface area (Å²) >= 11 is 5.85. The lowest BCUT2D eigenvalue weighted by Crippen LogP contribution is -2.31. The zero-order chi connectivity index (χ0) is 21.5. The third-order valence-electron chi connectivity index (χ3n) is 5.12. The highest BCUT2D eigenvalue weighted by Gasteiger charge is 2.21. The molecule has 156 valence electrons. The third kappa shape index (κ3) is 5.65. The third-order valence-corrected chi connectivity index (χ3v) is 5.31. The van der Waals surface area contributed by atoms with Crippen LogP contribution < -0.4 is 10.6 Å². The van der Waals surface area contributed by atoms with Gasteiger partial charge in [0.15, 0.2) is 0 Å². The van der Waals surface area contributed by atoms with E-state index in [1.54, 1.807) is 19.3 Å². The Morgan fingerprint density at radius 1 is 1.10 bits per heavy atom. The molecule has 4 nitrogen and oxygen atoms in total. The predicted molar refractivity (Wildman–Crippen MR) is 120 cm³/mol. The maximum absolute atomic E-state index is 13.9. The van der Waals surface area contributed by atoms with Gasteiger partial charge in [-0.05, 0) is 42.5 Å². The number of rotatable bonds is 9. The number of hydrogen-bond donors (Lipinski definition) is 2. The molecule has 2 atom stereocenters. The largest absolute Gasteiger partial charge is 0.390 e. The van der Waals surface area contributed by atoms with Crippen LogP contribution in [0.4, 0.5) is 4.39 Å². The normalized spacial score (nSPS) is 12.9.